The fourth-order valence-corrected chi connectivity index (χ4v) is 1.32. The SMILES string of the molecule is CCOc1nc(NCCNC(=O)N(C)C)ccc1N. The van der Waals surface area contributed by atoms with E-state index in [1.807, 2.05) is 6.92 Å². The number of amides is 2. The monoisotopic (exact) mass is 267 g/mol. The largest absolute Gasteiger partial charge is 0.476 e. The Morgan fingerprint density at radius 2 is 2.16 bits per heavy atom. The molecule has 0 radical (unpaired) electrons. The van der Waals surface area contributed by atoms with Gasteiger partial charge in [0, 0.05) is 27.2 Å². The molecule has 1 aromatic heterocycles. The second-order valence-corrected chi connectivity index (χ2v) is 4.08. The molecular formula is C12H21N5O2. The minimum atomic E-state index is -0.123. The molecule has 1 aromatic rings. The molecule has 0 aromatic carbocycles. The molecule has 0 aliphatic carbocycles. The summed E-state index contributed by atoms with van der Waals surface area (Å²) in [6.45, 7) is 3.46. The topological polar surface area (TPSA) is 92.5 Å². The summed E-state index contributed by atoms with van der Waals surface area (Å²) in [7, 11) is 3.39. The van der Waals surface area contributed by atoms with Crippen LogP contribution in [0.3, 0.4) is 0 Å². The molecule has 106 valence electrons. The Bertz CT molecular complexity index is 423. The molecule has 4 N–H and O–H groups in total. The van der Waals surface area contributed by atoms with Crippen LogP contribution in [0, 0.1) is 0 Å². The predicted molar refractivity (Wildman–Crippen MR) is 75.4 cm³/mol. The summed E-state index contributed by atoms with van der Waals surface area (Å²) in [4.78, 5) is 17.0. The lowest BCUT2D eigenvalue weighted by atomic mass is 10.4. The van der Waals surface area contributed by atoms with Crippen LogP contribution in [0.2, 0.25) is 0 Å². The zero-order valence-electron chi connectivity index (χ0n) is 11.6. The van der Waals surface area contributed by atoms with Crippen molar-refractivity contribution in [3.63, 3.8) is 0 Å². The molecule has 0 spiro atoms. The number of nitrogens with one attached hydrogen (secondary N) is 2. The number of nitrogen functional groups attached to an aromatic ring is 1. The van der Waals surface area contributed by atoms with Crippen molar-refractivity contribution in [3.8, 4) is 5.88 Å². The van der Waals surface area contributed by atoms with Crippen LogP contribution < -0.4 is 21.1 Å². The first kappa shape index (κ1) is 14.9. The summed E-state index contributed by atoms with van der Waals surface area (Å²) in [5.41, 5.74) is 6.23. The number of carbonyl (C=O) groups excluding carboxylic acids is 1. The van der Waals surface area contributed by atoms with E-state index in [0.717, 1.165) is 0 Å². The maximum absolute atomic E-state index is 11.3. The van der Waals surface area contributed by atoms with Crippen LogP contribution in [-0.4, -0.2) is 49.7 Å². The molecule has 1 rings (SSSR count). The number of nitrogens with two attached hydrogens (primary N) is 1. The Labute approximate surface area is 113 Å². The number of nitrogens with zero attached hydrogens (tertiary/aromatic N) is 2. The van der Waals surface area contributed by atoms with Crippen LogP contribution in [0.25, 0.3) is 0 Å². The Morgan fingerprint density at radius 1 is 1.42 bits per heavy atom. The molecule has 7 nitrogen and oxygen atoms in total. The normalized spacial score (nSPS) is 9.84. The molecular weight excluding hydrogens is 246 g/mol. The van der Waals surface area contributed by atoms with Gasteiger partial charge in [-0.25, -0.2) is 4.79 Å². The van der Waals surface area contributed by atoms with Crippen molar-refractivity contribution in [1.82, 2.24) is 15.2 Å². The molecule has 0 aliphatic heterocycles. The van der Waals surface area contributed by atoms with Gasteiger partial charge in [-0.05, 0) is 19.1 Å². The standard InChI is InChI=1S/C12H21N5O2/c1-4-19-11-9(13)5-6-10(16-11)14-7-8-15-12(18)17(2)3/h5-6H,4,7-8,13H2,1-3H3,(H,14,16)(H,15,18). The molecule has 0 saturated carbocycles. The second-order valence-electron chi connectivity index (χ2n) is 4.08. The summed E-state index contributed by atoms with van der Waals surface area (Å²) in [6.07, 6.45) is 0. The molecule has 19 heavy (non-hydrogen) atoms. The Balaban J connectivity index is 2.41. The lowest BCUT2D eigenvalue weighted by molar-refractivity contribution is 0.218. The minimum absolute atomic E-state index is 0.123. The zero-order chi connectivity index (χ0) is 14.3. The van der Waals surface area contributed by atoms with Gasteiger partial charge in [0.15, 0.2) is 0 Å². The Kier molecular flexibility index (Phi) is 5.72. The minimum Gasteiger partial charge on any atom is -0.476 e. The van der Waals surface area contributed by atoms with Gasteiger partial charge in [-0.2, -0.15) is 4.98 Å². The van der Waals surface area contributed by atoms with Crippen molar-refractivity contribution in [3.05, 3.63) is 12.1 Å². The van der Waals surface area contributed by atoms with E-state index >= 15 is 0 Å². The van der Waals surface area contributed by atoms with Crippen LogP contribution in [0.15, 0.2) is 12.1 Å². The lowest BCUT2D eigenvalue weighted by Crippen LogP contribution is -2.37. The van der Waals surface area contributed by atoms with Crippen molar-refractivity contribution in [2.75, 3.05) is 44.8 Å². The molecule has 0 aliphatic rings. The number of pyridine rings is 1. The molecule has 0 saturated heterocycles. The number of hydrogen-bond donors (Lipinski definition) is 3. The first-order valence-electron chi connectivity index (χ1n) is 6.13. The fourth-order valence-electron chi connectivity index (χ4n) is 1.32. The zero-order valence-corrected chi connectivity index (χ0v) is 11.6. The summed E-state index contributed by atoms with van der Waals surface area (Å²) in [5.74, 6) is 1.08. The van der Waals surface area contributed by atoms with E-state index in [0.29, 0.717) is 37.1 Å². The third kappa shape index (κ3) is 4.90. The summed E-state index contributed by atoms with van der Waals surface area (Å²) in [5, 5.41) is 5.83. The summed E-state index contributed by atoms with van der Waals surface area (Å²) < 4.78 is 5.30. The van der Waals surface area contributed by atoms with Gasteiger partial charge < -0.3 is 26.0 Å². The third-order valence-corrected chi connectivity index (χ3v) is 2.28. The molecule has 1 heterocycles. The van der Waals surface area contributed by atoms with Crippen LogP contribution in [0.5, 0.6) is 5.88 Å². The van der Waals surface area contributed by atoms with Gasteiger partial charge in [-0.1, -0.05) is 0 Å². The van der Waals surface area contributed by atoms with Gasteiger partial charge >= 0.3 is 6.03 Å². The van der Waals surface area contributed by atoms with Crippen molar-refractivity contribution in [1.29, 1.82) is 0 Å². The molecule has 0 bridgehead atoms. The number of hydrogen-bond acceptors (Lipinski definition) is 5. The number of carbonyl (C=O) groups is 1. The van der Waals surface area contributed by atoms with Crippen LogP contribution >= 0.6 is 0 Å². The average Bonchev–Trinajstić information content (AvgIpc) is 2.38. The molecule has 0 unspecified atom stereocenters. The van der Waals surface area contributed by atoms with Gasteiger partial charge in [-0.3, -0.25) is 0 Å². The van der Waals surface area contributed by atoms with Crippen LogP contribution in [0.1, 0.15) is 6.92 Å². The second kappa shape index (κ2) is 7.30. The van der Waals surface area contributed by atoms with Gasteiger partial charge in [-0.15, -0.1) is 0 Å². The predicted octanol–water partition coefficient (Wildman–Crippen LogP) is 0.746. The summed E-state index contributed by atoms with van der Waals surface area (Å²) >= 11 is 0. The van der Waals surface area contributed by atoms with E-state index in [4.69, 9.17) is 10.5 Å². The van der Waals surface area contributed by atoms with E-state index in [1.165, 1.54) is 4.90 Å². The summed E-state index contributed by atoms with van der Waals surface area (Å²) in [6, 6.07) is 3.38. The first-order chi connectivity index (χ1) is 9.04. The van der Waals surface area contributed by atoms with E-state index < -0.39 is 0 Å². The molecule has 0 fully saturated rings. The van der Waals surface area contributed by atoms with E-state index in [2.05, 4.69) is 15.6 Å². The molecule has 0 atom stereocenters. The van der Waals surface area contributed by atoms with Crippen molar-refractivity contribution >= 4 is 17.5 Å². The van der Waals surface area contributed by atoms with Crippen LogP contribution in [-0.2, 0) is 0 Å². The Hall–Kier alpha value is -2.18. The highest BCUT2D eigenvalue weighted by atomic mass is 16.5. The number of ether oxygens (including phenoxy) is 1. The molecule has 2 amide bonds. The van der Waals surface area contributed by atoms with Gasteiger partial charge in [0.05, 0.1) is 12.3 Å². The van der Waals surface area contributed by atoms with E-state index in [-0.39, 0.29) is 6.03 Å². The quantitative estimate of drug-likeness (QED) is 0.661. The van der Waals surface area contributed by atoms with E-state index in [1.54, 1.807) is 26.2 Å². The maximum atomic E-state index is 11.3. The smallest absolute Gasteiger partial charge is 0.316 e. The molecule has 7 heteroatoms. The third-order valence-electron chi connectivity index (χ3n) is 2.28. The van der Waals surface area contributed by atoms with Gasteiger partial charge in [0.1, 0.15) is 5.82 Å². The van der Waals surface area contributed by atoms with Crippen molar-refractivity contribution < 1.29 is 9.53 Å². The van der Waals surface area contributed by atoms with Gasteiger partial charge in [0.2, 0.25) is 5.88 Å². The Morgan fingerprint density at radius 3 is 2.79 bits per heavy atom. The number of aromatic nitrogens is 1. The van der Waals surface area contributed by atoms with Crippen molar-refractivity contribution in [2.24, 2.45) is 0 Å². The highest BCUT2D eigenvalue weighted by Gasteiger charge is 2.04. The van der Waals surface area contributed by atoms with Crippen molar-refractivity contribution in [2.45, 2.75) is 6.92 Å². The first-order valence-corrected chi connectivity index (χ1v) is 6.13. The highest BCUT2D eigenvalue weighted by Crippen LogP contribution is 2.20. The van der Waals surface area contributed by atoms with Crippen LogP contribution in [0.4, 0.5) is 16.3 Å². The highest BCUT2D eigenvalue weighted by molar-refractivity contribution is 5.73. The van der Waals surface area contributed by atoms with Gasteiger partial charge in [0.25, 0.3) is 0 Å². The lowest BCUT2D eigenvalue weighted by Gasteiger charge is -2.13. The average molecular weight is 267 g/mol. The fraction of sp³-hybridized carbons (Fsp3) is 0.500. The maximum Gasteiger partial charge on any atom is 0.316 e. The number of urea groups is 1. The van der Waals surface area contributed by atoms with E-state index in [9.17, 15) is 4.79 Å². The number of rotatable bonds is 6. The number of anilines is 2.